The maximum atomic E-state index is 13.3. The Bertz CT molecular complexity index is 903. The number of fused-ring (bicyclic) bond motifs is 1. The summed E-state index contributed by atoms with van der Waals surface area (Å²) in [5.74, 6) is -0.484. The molecule has 3 heterocycles. The van der Waals surface area contributed by atoms with Crippen LogP contribution in [0, 0.1) is 0 Å². The second-order valence-electron chi connectivity index (χ2n) is 7.16. The molecule has 2 aliphatic rings. The third-order valence-corrected chi connectivity index (χ3v) is 5.54. The number of H-pyrrole nitrogens is 1. The summed E-state index contributed by atoms with van der Waals surface area (Å²) in [7, 11) is 0. The molecular weight excluding hydrogens is 357 g/mol. The highest BCUT2D eigenvalue weighted by Crippen LogP contribution is 2.39. The number of piperidine rings is 1. The van der Waals surface area contributed by atoms with Gasteiger partial charge in [-0.1, -0.05) is 18.2 Å². The number of amides is 1. The molecule has 1 fully saturated rings. The van der Waals surface area contributed by atoms with Gasteiger partial charge >= 0.3 is 6.18 Å². The Morgan fingerprint density at radius 3 is 2.70 bits per heavy atom. The first-order valence-corrected chi connectivity index (χ1v) is 9.07. The second-order valence-corrected chi connectivity index (χ2v) is 7.16. The van der Waals surface area contributed by atoms with Crippen LogP contribution in [0.25, 0.3) is 0 Å². The number of aromatic nitrogens is 2. The number of benzene rings is 1. The number of hydrogen-bond donors (Lipinski definition) is 2. The molecule has 1 amide bonds. The van der Waals surface area contributed by atoms with E-state index in [0.717, 1.165) is 16.7 Å². The number of nitrogens with zero attached hydrogens (tertiary/aromatic N) is 2. The molecule has 0 radical (unpaired) electrons. The summed E-state index contributed by atoms with van der Waals surface area (Å²) in [5.41, 5.74) is 1.42. The fourth-order valence-electron chi connectivity index (χ4n) is 4.10. The van der Waals surface area contributed by atoms with Gasteiger partial charge in [-0.05, 0) is 37.3 Å². The molecule has 0 saturated carbocycles. The Morgan fingerprint density at radius 2 is 2.00 bits per heavy atom. The highest BCUT2D eigenvalue weighted by atomic mass is 19.4. The Balaban J connectivity index is 1.50. The van der Waals surface area contributed by atoms with Gasteiger partial charge in [-0.25, -0.2) is 0 Å². The summed E-state index contributed by atoms with van der Waals surface area (Å²) in [6, 6.07) is 5.63. The highest BCUT2D eigenvalue weighted by molar-refractivity contribution is 5.94. The summed E-state index contributed by atoms with van der Waals surface area (Å²) in [6.07, 6.45) is -3.44. The predicted octanol–water partition coefficient (Wildman–Crippen LogP) is 3.61. The van der Waals surface area contributed by atoms with E-state index in [1.54, 1.807) is 11.0 Å². The van der Waals surface area contributed by atoms with Crippen molar-refractivity contribution in [3.05, 3.63) is 52.3 Å². The number of rotatable bonds is 2. The number of carbonyl (C=O) groups excluding carboxylic acids is 1. The van der Waals surface area contributed by atoms with Crippen molar-refractivity contribution in [2.24, 2.45) is 0 Å². The van der Waals surface area contributed by atoms with E-state index in [1.165, 1.54) is 12.1 Å². The minimum Gasteiger partial charge on any atom is -0.337 e. The fourth-order valence-corrected chi connectivity index (χ4v) is 4.10. The predicted molar refractivity (Wildman–Crippen MR) is 93.2 cm³/mol. The van der Waals surface area contributed by atoms with Crippen molar-refractivity contribution in [2.75, 3.05) is 13.1 Å². The van der Waals surface area contributed by atoms with E-state index in [0.29, 0.717) is 43.7 Å². The maximum Gasteiger partial charge on any atom is 0.416 e. The smallest absolute Gasteiger partial charge is 0.337 e. The van der Waals surface area contributed by atoms with Gasteiger partial charge in [-0.2, -0.15) is 18.3 Å². The van der Waals surface area contributed by atoms with E-state index in [2.05, 4.69) is 10.4 Å². The van der Waals surface area contributed by atoms with Gasteiger partial charge in [0.05, 0.1) is 11.3 Å². The average Bonchev–Trinajstić information content (AvgIpc) is 3.22. The van der Waals surface area contributed by atoms with Gasteiger partial charge in [-0.15, -0.1) is 0 Å². The number of hydrogen-bond acceptors (Lipinski definition) is 3. The number of alkyl halides is 3. The molecule has 5 nitrogen and oxygen atoms in total. The Hall–Kier alpha value is -2.35. The number of halogens is 3. The molecule has 2 aliphatic heterocycles. The molecule has 1 unspecified atom stereocenters. The summed E-state index contributed by atoms with van der Waals surface area (Å²) in [4.78, 5) is 14.6. The standard InChI is InChI=1S/C19H21F3N4O/c1-11-16-15(10-23-11)24-25-17(16)18(27)26-8-6-12(7-9-26)13-4-2-3-5-14(13)19(20,21)22/h2-5,11-12,23H,6-10H2,1H3,(H,24,25)/i/hD. The summed E-state index contributed by atoms with van der Waals surface area (Å²) >= 11 is 0. The van der Waals surface area contributed by atoms with Crippen LogP contribution in [0.1, 0.15) is 64.6 Å². The van der Waals surface area contributed by atoms with Gasteiger partial charge in [0.2, 0.25) is 0 Å². The fraction of sp³-hybridized carbons (Fsp3) is 0.474. The van der Waals surface area contributed by atoms with Gasteiger partial charge in [0.25, 0.3) is 5.91 Å². The normalized spacial score (nSPS) is 21.3. The topological polar surface area (TPSA) is 61.0 Å². The minimum absolute atomic E-state index is 0.0516. The van der Waals surface area contributed by atoms with E-state index in [9.17, 15) is 18.0 Å². The molecule has 1 atom stereocenters. The van der Waals surface area contributed by atoms with Crippen molar-refractivity contribution < 1.29 is 19.4 Å². The van der Waals surface area contributed by atoms with E-state index < -0.39 is 11.7 Å². The van der Waals surface area contributed by atoms with Crippen LogP contribution < -0.4 is 5.32 Å². The van der Waals surface area contributed by atoms with Gasteiger partial charge in [0, 0.05) is 31.2 Å². The van der Waals surface area contributed by atoms with E-state index in [4.69, 9.17) is 1.41 Å². The largest absolute Gasteiger partial charge is 0.416 e. The molecular formula is C19H21F3N4O. The van der Waals surface area contributed by atoms with Gasteiger partial charge in [-0.3, -0.25) is 9.89 Å². The molecule has 8 heteroatoms. The second kappa shape index (κ2) is 6.67. The van der Waals surface area contributed by atoms with Crippen LogP contribution in [0.2, 0.25) is 1.41 Å². The number of likely N-dealkylation sites (tertiary alicyclic amines) is 1. The molecule has 1 saturated heterocycles. The van der Waals surface area contributed by atoms with E-state index >= 15 is 0 Å². The Kier molecular flexibility index (Phi) is 4.15. The lowest BCUT2D eigenvalue weighted by Crippen LogP contribution is -2.39. The molecule has 0 spiro atoms. The third kappa shape index (κ3) is 3.22. The quantitative estimate of drug-likeness (QED) is 0.838. The molecule has 144 valence electrons. The van der Waals surface area contributed by atoms with Crippen molar-refractivity contribution in [3.8, 4) is 0 Å². The van der Waals surface area contributed by atoms with Crippen molar-refractivity contribution in [1.82, 2.24) is 20.4 Å². The lowest BCUT2D eigenvalue weighted by molar-refractivity contribution is -0.138. The van der Waals surface area contributed by atoms with Crippen LogP contribution in [0.4, 0.5) is 13.2 Å². The lowest BCUT2D eigenvalue weighted by Gasteiger charge is -2.33. The molecule has 2 N–H and O–H groups in total. The van der Waals surface area contributed by atoms with Crippen LogP contribution >= 0.6 is 0 Å². The zero-order valence-corrected chi connectivity index (χ0v) is 14.9. The first kappa shape index (κ1) is 16.8. The summed E-state index contributed by atoms with van der Waals surface area (Å²) in [6.45, 7) is 3.16. The monoisotopic (exact) mass is 379 g/mol. The number of nitrogens with one attached hydrogen (secondary N) is 2. The van der Waals surface area contributed by atoms with Gasteiger partial charge < -0.3 is 10.2 Å². The van der Waals surface area contributed by atoms with Crippen molar-refractivity contribution in [3.63, 3.8) is 0 Å². The average molecular weight is 379 g/mol. The third-order valence-electron chi connectivity index (χ3n) is 5.54. The Labute approximate surface area is 156 Å². The first-order valence-electron chi connectivity index (χ1n) is 9.52. The molecule has 2 aromatic rings. The number of aromatic amines is 1. The van der Waals surface area contributed by atoms with Crippen LogP contribution in [-0.2, 0) is 12.7 Å². The highest BCUT2D eigenvalue weighted by Gasteiger charge is 2.37. The SMILES string of the molecule is [2H]n1nc(C(=O)N2CCC(c3ccccc3C(F)(F)F)CC2)c2c1CNC2C. The minimum atomic E-state index is -4.38. The lowest BCUT2D eigenvalue weighted by atomic mass is 9.86. The molecule has 0 aliphatic carbocycles. The van der Waals surface area contributed by atoms with Crippen molar-refractivity contribution in [2.45, 2.75) is 44.4 Å². The van der Waals surface area contributed by atoms with E-state index in [-0.39, 0.29) is 23.6 Å². The zero-order chi connectivity index (χ0) is 20.1. The van der Waals surface area contributed by atoms with Crippen LogP contribution in [0.15, 0.2) is 24.3 Å². The first-order chi connectivity index (χ1) is 13.3. The maximum absolute atomic E-state index is 13.3. The van der Waals surface area contributed by atoms with Crippen molar-refractivity contribution in [1.29, 1.82) is 0 Å². The van der Waals surface area contributed by atoms with Gasteiger partial charge in [0.1, 0.15) is 0 Å². The molecule has 0 bridgehead atoms. The Morgan fingerprint density at radius 1 is 1.30 bits per heavy atom. The number of carbonyl (C=O) groups is 1. The van der Waals surface area contributed by atoms with Gasteiger partial charge in [0.15, 0.2) is 7.11 Å². The summed E-state index contributed by atoms with van der Waals surface area (Å²) < 4.78 is 47.8. The van der Waals surface area contributed by atoms with Crippen LogP contribution in [0.3, 0.4) is 0 Å². The molecule has 1 aromatic heterocycles. The van der Waals surface area contributed by atoms with E-state index in [1.807, 2.05) is 6.92 Å². The van der Waals surface area contributed by atoms with Crippen LogP contribution in [-0.4, -0.2) is 34.1 Å². The van der Waals surface area contributed by atoms with Crippen LogP contribution in [0.5, 0.6) is 0 Å². The molecule has 4 rings (SSSR count). The summed E-state index contributed by atoms with van der Waals surface area (Å²) in [5, 5.41) is 8.27. The van der Waals surface area contributed by atoms with Crippen molar-refractivity contribution >= 4 is 5.91 Å². The molecule has 27 heavy (non-hydrogen) atoms. The molecule has 1 aromatic carbocycles. The zero-order valence-electron chi connectivity index (χ0n) is 15.9.